The maximum Gasteiger partial charge on any atom is 0.274 e. The Balaban J connectivity index is 2.09. The molecule has 0 saturated heterocycles. The Morgan fingerprint density at radius 2 is 2.20 bits per heavy atom. The normalized spacial score (nSPS) is 10.6. The van der Waals surface area contributed by atoms with Gasteiger partial charge in [-0.2, -0.15) is 5.10 Å². The predicted molar refractivity (Wildman–Crippen MR) is 79.0 cm³/mol. The van der Waals surface area contributed by atoms with E-state index in [9.17, 15) is 4.79 Å². The minimum absolute atomic E-state index is 0.243. The Morgan fingerprint density at radius 3 is 2.85 bits per heavy atom. The lowest BCUT2D eigenvalue weighted by molar-refractivity contribution is 0.102. The first kappa shape index (κ1) is 14.0. The third kappa shape index (κ3) is 3.34. The quantitative estimate of drug-likeness (QED) is 0.878. The van der Waals surface area contributed by atoms with E-state index in [0.717, 1.165) is 6.54 Å². The van der Waals surface area contributed by atoms with Crippen molar-refractivity contribution in [2.24, 2.45) is 0 Å². The zero-order chi connectivity index (χ0) is 14.5. The highest BCUT2D eigenvalue weighted by molar-refractivity contribution is 6.02. The number of carbonyl (C=O) groups excluding carboxylic acids is 1. The van der Waals surface area contributed by atoms with Crippen LogP contribution in [-0.2, 0) is 0 Å². The van der Waals surface area contributed by atoms with Crippen molar-refractivity contribution in [3.05, 3.63) is 36.3 Å². The van der Waals surface area contributed by atoms with E-state index in [1.807, 2.05) is 26.8 Å². The lowest BCUT2D eigenvalue weighted by Crippen LogP contribution is -2.14. The summed E-state index contributed by atoms with van der Waals surface area (Å²) in [5, 5.41) is 10.0. The highest BCUT2D eigenvalue weighted by Gasteiger charge is 2.10. The summed E-state index contributed by atoms with van der Waals surface area (Å²) < 4.78 is 1.79. The molecular weight excluding hydrogens is 254 g/mol. The second-order valence-corrected chi connectivity index (χ2v) is 4.70. The van der Waals surface area contributed by atoms with Gasteiger partial charge in [-0.3, -0.25) is 9.48 Å². The maximum atomic E-state index is 12.1. The van der Waals surface area contributed by atoms with Gasteiger partial charge in [-0.1, -0.05) is 6.07 Å². The first-order chi connectivity index (χ1) is 9.60. The van der Waals surface area contributed by atoms with E-state index >= 15 is 0 Å². The first-order valence-corrected chi connectivity index (χ1v) is 6.66. The highest BCUT2D eigenvalue weighted by Crippen LogP contribution is 2.12. The number of nitrogens with zero attached hydrogens (tertiary/aromatic N) is 3. The Labute approximate surface area is 118 Å². The number of hydrogen-bond acceptors (Lipinski definition) is 4. The minimum atomic E-state index is -0.243. The molecule has 2 aromatic heterocycles. The lowest BCUT2D eigenvalue weighted by atomic mass is 10.3. The first-order valence-electron chi connectivity index (χ1n) is 6.66. The molecule has 0 aliphatic rings. The molecule has 0 spiro atoms. The van der Waals surface area contributed by atoms with Crippen LogP contribution >= 0.6 is 0 Å². The predicted octanol–water partition coefficient (Wildman–Crippen LogP) is 2.54. The second kappa shape index (κ2) is 6.18. The van der Waals surface area contributed by atoms with Gasteiger partial charge in [0.1, 0.15) is 11.5 Å². The van der Waals surface area contributed by atoms with Crippen LogP contribution in [-0.4, -0.2) is 27.2 Å². The maximum absolute atomic E-state index is 12.1. The van der Waals surface area contributed by atoms with Crippen LogP contribution < -0.4 is 10.6 Å². The van der Waals surface area contributed by atoms with Crippen molar-refractivity contribution >= 4 is 17.4 Å². The Bertz CT molecular complexity index is 591. The highest BCUT2D eigenvalue weighted by atomic mass is 16.1. The molecule has 0 fully saturated rings. The van der Waals surface area contributed by atoms with E-state index in [-0.39, 0.29) is 11.9 Å². The number of nitrogens with one attached hydrogen (secondary N) is 2. The molecule has 2 heterocycles. The van der Waals surface area contributed by atoms with E-state index < -0.39 is 0 Å². The molecule has 6 nitrogen and oxygen atoms in total. The van der Waals surface area contributed by atoms with Crippen LogP contribution in [0.2, 0.25) is 0 Å². The van der Waals surface area contributed by atoms with Gasteiger partial charge < -0.3 is 10.6 Å². The molecule has 0 aliphatic carbocycles. The number of aromatic nitrogens is 3. The van der Waals surface area contributed by atoms with Crippen LogP contribution in [0.5, 0.6) is 0 Å². The number of anilines is 2. The van der Waals surface area contributed by atoms with Gasteiger partial charge in [-0.05, 0) is 32.9 Å². The van der Waals surface area contributed by atoms with Gasteiger partial charge in [0.05, 0.1) is 11.9 Å². The number of carbonyl (C=O) groups is 1. The minimum Gasteiger partial charge on any atom is -0.370 e. The number of amides is 1. The smallest absolute Gasteiger partial charge is 0.274 e. The van der Waals surface area contributed by atoms with Crippen LogP contribution in [0, 0.1) is 0 Å². The van der Waals surface area contributed by atoms with E-state index in [2.05, 4.69) is 20.7 Å². The molecule has 6 heteroatoms. The van der Waals surface area contributed by atoms with Crippen molar-refractivity contribution in [3.63, 3.8) is 0 Å². The molecular formula is C14H19N5O. The van der Waals surface area contributed by atoms with E-state index in [4.69, 9.17) is 0 Å². The Morgan fingerprint density at radius 1 is 1.40 bits per heavy atom. The molecule has 2 rings (SSSR count). The number of rotatable bonds is 5. The molecule has 2 aromatic rings. The lowest BCUT2D eigenvalue weighted by Gasteiger charge is -2.06. The fraction of sp³-hybridized carbons (Fsp3) is 0.357. The molecule has 1 amide bonds. The standard InChI is InChI=1S/C14H19N5O/c1-4-15-13-7-5-6-12(18-13)14(20)17-11-8-16-19(9-11)10(2)3/h5-10H,4H2,1-3H3,(H,15,18)(H,17,20). The molecule has 20 heavy (non-hydrogen) atoms. The molecule has 0 unspecified atom stereocenters. The van der Waals surface area contributed by atoms with Gasteiger partial charge in [0.2, 0.25) is 0 Å². The summed E-state index contributed by atoms with van der Waals surface area (Å²) in [6.45, 7) is 6.80. The third-order valence-corrected chi connectivity index (χ3v) is 2.73. The van der Waals surface area contributed by atoms with Gasteiger partial charge in [-0.25, -0.2) is 4.98 Å². The summed E-state index contributed by atoms with van der Waals surface area (Å²) in [6, 6.07) is 5.58. The van der Waals surface area contributed by atoms with Crippen LogP contribution in [0.15, 0.2) is 30.6 Å². The summed E-state index contributed by atoms with van der Waals surface area (Å²) >= 11 is 0. The zero-order valence-electron chi connectivity index (χ0n) is 11.9. The molecule has 0 atom stereocenters. The van der Waals surface area contributed by atoms with E-state index in [1.165, 1.54) is 0 Å². The Kier molecular flexibility index (Phi) is 4.34. The van der Waals surface area contributed by atoms with Crippen molar-refractivity contribution < 1.29 is 4.79 Å². The second-order valence-electron chi connectivity index (χ2n) is 4.70. The molecule has 0 bridgehead atoms. The van der Waals surface area contributed by atoms with Gasteiger partial charge in [0.15, 0.2) is 0 Å². The average molecular weight is 273 g/mol. The topological polar surface area (TPSA) is 71.8 Å². The molecule has 2 N–H and O–H groups in total. The summed E-state index contributed by atoms with van der Waals surface area (Å²) in [6.07, 6.45) is 3.43. The van der Waals surface area contributed by atoms with Crippen molar-refractivity contribution in [2.75, 3.05) is 17.2 Å². The zero-order valence-corrected chi connectivity index (χ0v) is 11.9. The van der Waals surface area contributed by atoms with E-state index in [0.29, 0.717) is 17.2 Å². The van der Waals surface area contributed by atoms with Crippen LogP contribution in [0.3, 0.4) is 0 Å². The van der Waals surface area contributed by atoms with Crippen molar-refractivity contribution in [1.29, 1.82) is 0 Å². The SMILES string of the molecule is CCNc1cccc(C(=O)Nc2cnn(C(C)C)c2)n1. The Hall–Kier alpha value is -2.37. The van der Waals surface area contributed by atoms with Crippen molar-refractivity contribution in [2.45, 2.75) is 26.8 Å². The summed E-state index contributed by atoms with van der Waals surface area (Å²) in [5.41, 5.74) is 1.04. The van der Waals surface area contributed by atoms with Crippen LogP contribution in [0.1, 0.15) is 37.3 Å². The van der Waals surface area contributed by atoms with Gasteiger partial charge >= 0.3 is 0 Å². The van der Waals surface area contributed by atoms with Crippen LogP contribution in [0.4, 0.5) is 11.5 Å². The van der Waals surface area contributed by atoms with Crippen LogP contribution in [0.25, 0.3) is 0 Å². The fourth-order valence-electron chi connectivity index (χ4n) is 1.72. The molecule has 0 aliphatic heterocycles. The molecule has 0 saturated carbocycles. The third-order valence-electron chi connectivity index (χ3n) is 2.73. The van der Waals surface area contributed by atoms with Gasteiger partial charge in [-0.15, -0.1) is 0 Å². The summed E-state index contributed by atoms with van der Waals surface area (Å²) in [7, 11) is 0. The van der Waals surface area contributed by atoms with Crippen molar-refractivity contribution in [3.8, 4) is 0 Å². The molecule has 0 radical (unpaired) electrons. The fourth-order valence-corrected chi connectivity index (χ4v) is 1.72. The molecule has 106 valence electrons. The largest absolute Gasteiger partial charge is 0.370 e. The summed E-state index contributed by atoms with van der Waals surface area (Å²) in [5.74, 6) is 0.450. The van der Waals surface area contributed by atoms with E-state index in [1.54, 1.807) is 29.2 Å². The average Bonchev–Trinajstić information content (AvgIpc) is 2.88. The van der Waals surface area contributed by atoms with Crippen molar-refractivity contribution in [1.82, 2.24) is 14.8 Å². The number of hydrogen-bond donors (Lipinski definition) is 2. The van der Waals surface area contributed by atoms with Gasteiger partial charge in [0.25, 0.3) is 5.91 Å². The molecule has 0 aromatic carbocycles. The number of pyridine rings is 1. The summed E-state index contributed by atoms with van der Waals surface area (Å²) in [4.78, 5) is 16.4. The van der Waals surface area contributed by atoms with Gasteiger partial charge in [0, 0.05) is 18.8 Å². The monoisotopic (exact) mass is 273 g/mol.